The number of nitrogens with zero attached hydrogens (tertiary/aromatic N) is 3. The Labute approximate surface area is 122 Å². The number of carbonyl (C=O) groups is 1. The van der Waals surface area contributed by atoms with Crippen molar-refractivity contribution in [3.05, 3.63) is 34.0 Å². The summed E-state index contributed by atoms with van der Waals surface area (Å²) in [6.07, 6.45) is 3.42. The van der Waals surface area contributed by atoms with Gasteiger partial charge in [0.15, 0.2) is 5.82 Å². The zero-order valence-electron chi connectivity index (χ0n) is 11.5. The number of thiophene rings is 1. The maximum Gasteiger partial charge on any atom is 0.220 e. The van der Waals surface area contributed by atoms with Crippen molar-refractivity contribution >= 4 is 17.2 Å². The van der Waals surface area contributed by atoms with Crippen LogP contribution in [-0.2, 0) is 24.2 Å². The van der Waals surface area contributed by atoms with Gasteiger partial charge in [0.25, 0.3) is 0 Å². The summed E-state index contributed by atoms with van der Waals surface area (Å²) >= 11 is 1.66. The topological polar surface area (TPSA) is 59.8 Å². The molecule has 1 amide bonds. The Morgan fingerprint density at radius 1 is 1.55 bits per heavy atom. The molecule has 6 heteroatoms. The van der Waals surface area contributed by atoms with Gasteiger partial charge in [-0.3, -0.25) is 4.79 Å². The van der Waals surface area contributed by atoms with Crippen LogP contribution in [0, 0.1) is 0 Å². The lowest BCUT2D eigenvalue weighted by molar-refractivity contribution is -0.121. The fourth-order valence-electron chi connectivity index (χ4n) is 2.56. The van der Waals surface area contributed by atoms with Gasteiger partial charge in [-0.1, -0.05) is 0 Å². The Morgan fingerprint density at radius 2 is 2.45 bits per heavy atom. The van der Waals surface area contributed by atoms with Gasteiger partial charge in [0.05, 0.1) is 6.04 Å². The first-order valence-electron chi connectivity index (χ1n) is 6.96. The third kappa shape index (κ3) is 2.75. The summed E-state index contributed by atoms with van der Waals surface area (Å²) in [5.74, 6) is 1.99. The summed E-state index contributed by atoms with van der Waals surface area (Å²) < 4.78 is 2.13. The monoisotopic (exact) mass is 290 g/mol. The molecule has 3 rings (SSSR count). The highest BCUT2D eigenvalue weighted by Crippen LogP contribution is 2.19. The molecule has 0 bridgehead atoms. The molecule has 0 aliphatic carbocycles. The average Bonchev–Trinajstić information content (AvgIpc) is 3.13. The first-order chi connectivity index (χ1) is 9.74. The summed E-state index contributed by atoms with van der Waals surface area (Å²) in [5, 5.41) is 15.5. The molecule has 2 aromatic heterocycles. The molecule has 1 N–H and O–H groups in total. The maximum absolute atomic E-state index is 12.0. The molecule has 0 aromatic carbocycles. The number of aromatic nitrogens is 3. The highest BCUT2D eigenvalue weighted by Gasteiger charge is 2.22. The zero-order chi connectivity index (χ0) is 13.9. The van der Waals surface area contributed by atoms with Crippen molar-refractivity contribution < 1.29 is 4.79 Å². The molecule has 1 atom stereocenters. The van der Waals surface area contributed by atoms with Gasteiger partial charge in [0.1, 0.15) is 5.82 Å². The highest BCUT2D eigenvalue weighted by atomic mass is 32.1. The number of amides is 1. The standard InChI is InChI=1S/C14H18N4OS/c1-10(14-17-16-12-3-2-7-18(12)14)15-13(19)5-4-11-6-8-20-9-11/h6,8-10H,2-5,7H2,1H3,(H,15,19)/t10-/m1/s1. The normalized spacial score (nSPS) is 15.1. The van der Waals surface area contributed by atoms with Crippen LogP contribution in [0.2, 0.25) is 0 Å². The van der Waals surface area contributed by atoms with Gasteiger partial charge in [-0.25, -0.2) is 0 Å². The van der Waals surface area contributed by atoms with E-state index in [2.05, 4.69) is 31.5 Å². The molecule has 0 saturated carbocycles. The highest BCUT2D eigenvalue weighted by molar-refractivity contribution is 7.07. The lowest BCUT2D eigenvalue weighted by Crippen LogP contribution is -2.28. The van der Waals surface area contributed by atoms with E-state index in [0.29, 0.717) is 6.42 Å². The zero-order valence-corrected chi connectivity index (χ0v) is 12.3. The molecule has 1 aliphatic heterocycles. The average molecular weight is 290 g/mol. The van der Waals surface area contributed by atoms with E-state index in [1.54, 1.807) is 11.3 Å². The van der Waals surface area contributed by atoms with Crippen molar-refractivity contribution in [2.75, 3.05) is 0 Å². The molecule has 0 radical (unpaired) electrons. The van der Waals surface area contributed by atoms with E-state index in [0.717, 1.165) is 37.5 Å². The second kappa shape index (κ2) is 5.75. The second-order valence-corrected chi connectivity index (χ2v) is 5.93. The number of fused-ring (bicyclic) bond motifs is 1. The molecule has 106 valence electrons. The van der Waals surface area contributed by atoms with E-state index in [4.69, 9.17) is 0 Å². The van der Waals surface area contributed by atoms with E-state index < -0.39 is 0 Å². The third-order valence-corrected chi connectivity index (χ3v) is 4.36. The summed E-state index contributed by atoms with van der Waals surface area (Å²) in [6, 6.07) is 1.98. The molecule has 0 fully saturated rings. The molecule has 2 aromatic rings. The molecule has 0 spiro atoms. The van der Waals surface area contributed by atoms with Gasteiger partial charge in [-0.05, 0) is 42.2 Å². The SMILES string of the molecule is C[C@@H](NC(=O)CCc1ccsc1)c1nnc2n1CCC2. The van der Waals surface area contributed by atoms with Crippen molar-refractivity contribution in [2.24, 2.45) is 0 Å². The minimum absolute atomic E-state index is 0.0686. The van der Waals surface area contributed by atoms with Gasteiger partial charge in [-0.15, -0.1) is 10.2 Å². The van der Waals surface area contributed by atoms with Crippen LogP contribution in [0.25, 0.3) is 0 Å². The third-order valence-electron chi connectivity index (χ3n) is 3.62. The van der Waals surface area contributed by atoms with Gasteiger partial charge >= 0.3 is 0 Å². The molecular weight excluding hydrogens is 272 g/mol. The minimum atomic E-state index is -0.0793. The van der Waals surface area contributed by atoms with Crippen LogP contribution in [-0.4, -0.2) is 20.7 Å². The van der Waals surface area contributed by atoms with Crippen LogP contribution in [0.1, 0.15) is 43.0 Å². The van der Waals surface area contributed by atoms with Gasteiger partial charge in [-0.2, -0.15) is 11.3 Å². The van der Waals surface area contributed by atoms with Crippen LogP contribution < -0.4 is 5.32 Å². The van der Waals surface area contributed by atoms with Crippen molar-refractivity contribution in [3.63, 3.8) is 0 Å². The molecular formula is C14H18N4OS. The fraction of sp³-hybridized carbons (Fsp3) is 0.500. The minimum Gasteiger partial charge on any atom is -0.346 e. The van der Waals surface area contributed by atoms with Crippen LogP contribution in [0.3, 0.4) is 0 Å². The smallest absolute Gasteiger partial charge is 0.220 e. The fourth-order valence-corrected chi connectivity index (χ4v) is 3.27. The van der Waals surface area contributed by atoms with Crippen LogP contribution in [0.4, 0.5) is 0 Å². The van der Waals surface area contributed by atoms with E-state index >= 15 is 0 Å². The summed E-state index contributed by atoms with van der Waals surface area (Å²) in [6.45, 7) is 2.94. The first kappa shape index (κ1) is 13.3. The van der Waals surface area contributed by atoms with Crippen LogP contribution in [0.15, 0.2) is 16.8 Å². The van der Waals surface area contributed by atoms with E-state index in [9.17, 15) is 4.79 Å². The van der Waals surface area contributed by atoms with E-state index in [-0.39, 0.29) is 11.9 Å². The Kier molecular flexibility index (Phi) is 3.82. The Balaban J connectivity index is 1.55. The Morgan fingerprint density at radius 3 is 3.25 bits per heavy atom. The quantitative estimate of drug-likeness (QED) is 0.917. The predicted molar refractivity (Wildman–Crippen MR) is 77.5 cm³/mol. The molecule has 3 heterocycles. The van der Waals surface area contributed by atoms with E-state index in [1.807, 2.05) is 12.3 Å². The number of hydrogen-bond acceptors (Lipinski definition) is 4. The number of carbonyl (C=O) groups excluding carboxylic acids is 1. The Bertz CT molecular complexity index is 590. The van der Waals surface area contributed by atoms with Crippen molar-refractivity contribution in [1.82, 2.24) is 20.1 Å². The molecule has 20 heavy (non-hydrogen) atoms. The van der Waals surface area contributed by atoms with E-state index in [1.165, 1.54) is 5.56 Å². The number of rotatable bonds is 5. The maximum atomic E-state index is 12.0. The molecule has 0 unspecified atom stereocenters. The second-order valence-electron chi connectivity index (χ2n) is 5.15. The first-order valence-corrected chi connectivity index (χ1v) is 7.91. The summed E-state index contributed by atoms with van der Waals surface area (Å²) in [4.78, 5) is 12.0. The number of aryl methyl sites for hydroxylation is 2. The van der Waals surface area contributed by atoms with Gasteiger partial charge in [0, 0.05) is 19.4 Å². The molecule has 0 saturated heterocycles. The van der Waals surface area contributed by atoms with Crippen molar-refractivity contribution in [2.45, 2.75) is 45.2 Å². The molecule has 1 aliphatic rings. The summed E-state index contributed by atoms with van der Waals surface area (Å²) in [5.41, 5.74) is 1.22. The lowest BCUT2D eigenvalue weighted by Gasteiger charge is -2.13. The Hall–Kier alpha value is -1.69. The number of nitrogens with one attached hydrogen (secondary N) is 1. The number of hydrogen-bond donors (Lipinski definition) is 1. The predicted octanol–water partition coefficient (Wildman–Crippen LogP) is 2.10. The van der Waals surface area contributed by atoms with Crippen molar-refractivity contribution in [3.8, 4) is 0 Å². The molecule has 5 nitrogen and oxygen atoms in total. The lowest BCUT2D eigenvalue weighted by atomic mass is 10.2. The van der Waals surface area contributed by atoms with Gasteiger partial charge < -0.3 is 9.88 Å². The van der Waals surface area contributed by atoms with Crippen molar-refractivity contribution in [1.29, 1.82) is 0 Å². The summed E-state index contributed by atoms with van der Waals surface area (Å²) in [7, 11) is 0. The van der Waals surface area contributed by atoms with Gasteiger partial charge in [0.2, 0.25) is 5.91 Å². The largest absolute Gasteiger partial charge is 0.346 e. The van der Waals surface area contributed by atoms with Crippen LogP contribution in [0.5, 0.6) is 0 Å². The van der Waals surface area contributed by atoms with Crippen LogP contribution >= 0.6 is 11.3 Å².